The largest absolute Gasteiger partial charge is 0.497 e. The first-order valence-corrected chi connectivity index (χ1v) is 9.77. The number of hydrogen-bond donors (Lipinski definition) is 1. The second kappa shape index (κ2) is 6.98. The molecule has 0 heterocycles. The number of carbonyl (C=O) groups is 1. The molecule has 4 aliphatic rings. The summed E-state index contributed by atoms with van der Waals surface area (Å²) in [6.45, 7) is 0.833. The highest BCUT2D eigenvalue weighted by molar-refractivity contribution is 5.92. The third-order valence-corrected chi connectivity index (χ3v) is 6.66. The van der Waals surface area contributed by atoms with Crippen LogP contribution in [0.15, 0.2) is 24.3 Å². The Morgan fingerprint density at radius 2 is 1.77 bits per heavy atom. The summed E-state index contributed by atoms with van der Waals surface area (Å²) >= 11 is 0. The molecule has 0 atom stereocenters. The second-order valence-corrected chi connectivity index (χ2v) is 8.58. The lowest BCUT2D eigenvalue weighted by Crippen LogP contribution is -2.51. The molecule has 4 fully saturated rings. The van der Waals surface area contributed by atoms with Crippen LogP contribution in [0.1, 0.15) is 44.1 Å². The molecule has 0 saturated heterocycles. The fourth-order valence-corrected chi connectivity index (χ4v) is 5.96. The van der Waals surface area contributed by atoms with Gasteiger partial charge in [-0.25, -0.2) is 0 Å². The van der Waals surface area contributed by atoms with Crippen molar-refractivity contribution in [2.45, 2.75) is 38.5 Å². The maximum absolute atomic E-state index is 12.4. The average molecular weight is 355 g/mol. The summed E-state index contributed by atoms with van der Waals surface area (Å²) in [5, 5.41) is 3.18. The van der Waals surface area contributed by atoms with Gasteiger partial charge < -0.3 is 14.8 Å². The molecule has 4 bridgehead atoms. The Morgan fingerprint density at radius 3 is 2.35 bits per heavy atom. The Bertz CT molecular complexity index is 674. The molecular formula is C22H29NO3. The number of nitrogens with one attached hydrogen (secondary N) is 1. The fourth-order valence-electron chi connectivity index (χ4n) is 5.96. The minimum Gasteiger partial charge on any atom is -0.497 e. The summed E-state index contributed by atoms with van der Waals surface area (Å²) in [4.78, 5) is 12.4. The van der Waals surface area contributed by atoms with E-state index in [0.717, 1.165) is 35.6 Å². The van der Waals surface area contributed by atoms with Crippen LogP contribution in [-0.2, 0) is 4.79 Å². The van der Waals surface area contributed by atoms with Gasteiger partial charge in [0.05, 0.1) is 14.2 Å². The van der Waals surface area contributed by atoms with E-state index in [9.17, 15) is 4.79 Å². The van der Waals surface area contributed by atoms with Gasteiger partial charge in [-0.3, -0.25) is 4.79 Å². The van der Waals surface area contributed by atoms with E-state index in [1.54, 1.807) is 20.3 Å². The maximum atomic E-state index is 12.4. The number of amides is 1. The van der Waals surface area contributed by atoms with Crippen molar-refractivity contribution in [1.29, 1.82) is 0 Å². The van der Waals surface area contributed by atoms with E-state index in [1.807, 2.05) is 24.3 Å². The summed E-state index contributed by atoms with van der Waals surface area (Å²) in [7, 11) is 3.25. The van der Waals surface area contributed by atoms with Crippen molar-refractivity contribution in [2.75, 3.05) is 20.8 Å². The third-order valence-electron chi connectivity index (χ3n) is 6.66. The highest BCUT2D eigenvalue weighted by atomic mass is 16.5. The Kier molecular flexibility index (Phi) is 4.68. The molecule has 1 N–H and O–H groups in total. The van der Waals surface area contributed by atoms with E-state index < -0.39 is 0 Å². The third kappa shape index (κ3) is 3.46. The molecule has 5 rings (SSSR count). The Morgan fingerprint density at radius 1 is 1.12 bits per heavy atom. The van der Waals surface area contributed by atoms with E-state index in [0.29, 0.717) is 11.2 Å². The van der Waals surface area contributed by atoms with Crippen molar-refractivity contribution < 1.29 is 14.3 Å². The number of benzene rings is 1. The molecule has 0 unspecified atom stereocenters. The summed E-state index contributed by atoms with van der Waals surface area (Å²) in [6.07, 6.45) is 11.7. The normalized spacial score (nSPS) is 32.0. The van der Waals surface area contributed by atoms with Gasteiger partial charge in [-0.05, 0) is 79.9 Å². The van der Waals surface area contributed by atoms with Gasteiger partial charge in [0.2, 0.25) is 5.91 Å². The SMILES string of the molecule is COc1ccc(/C=C/C(=O)NCC23CC4CC(CC(C4)C2)C3)c(OC)c1. The molecule has 1 aromatic rings. The molecule has 4 saturated carbocycles. The van der Waals surface area contributed by atoms with E-state index in [1.165, 1.54) is 38.5 Å². The van der Waals surface area contributed by atoms with E-state index >= 15 is 0 Å². The van der Waals surface area contributed by atoms with Crippen LogP contribution >= 0.6 is 0 Å². The highest BCUT2D eigenvalue weighted by Crippen LogP contribution is 2.59. The monoisotopic (exact) mass is 355 g/mol. The lowest BCUT2D eigenvalue weighted by Gasteiger charge is -2.56. The Hall–Kier alpha value is -1.97. The van der Waals surface area contributed by atoms with Crippen LogP contribution in [0.3, 0.4) is 0 Å². The van der Waals surface area contributed by atoms with E-state index in [2.05, 4.69) is 5.32 Å². The first-order chi connectivity index (χ1) is 12.6. The summed E-state index contributed by atoms with van der Waals surface area (Å²) in [5.41, 5.74) is 1.24. The van der Waals surface area contributed by atoms with Crippen LogP contribution in [0.25, 0.3) is 6.08 Å². The van der Waals surface area contributed by atoms with Crippen molar-refractivity contribution >= 4 is 12.0 Å². The summed E-state index contributed by atoms with van der Waals surface area (Å²) < 4.78 is 10.6. The van der Waals surface area contributed by atoms with Crippen molar-refractivity contribution in [1.82, 2.24) is 5.32 Å². The zero-order valence-corrected chi connectivity index (χ0v) is 15.8. The topological polar surface area (TPSA) is 47.6 Å². The lowest BCUT2D eigenvalue weighted by atomic mass is 9.49. The molecule has 140 valence electrons. The average Bonchev–Trinajstić information content (AvgIpc) is 2.63. The number of hydrogen-bond acceptors (Lipinski definition) is 3. The standard InChI is InChI=1S/C22H29NO3/c1-25-19-5-3-18(20(10-19)26-2)4-6-21(24)23-14-22-11-15-7-16(12-22)9-17(8-15)13-22/h3-6,10,15-17H,7-9,11-14H2,1-2H3,(H,23,24)/b6-4+. The van der Waals surface area contributed by atoms with Gasteiger partial charge in [-0.15, -0.1) is 0 Å². The van der Waals surface area contributed by atoms with Crippen molar-refractivity contribution in [3.63, 3.8) is 0 Å². The summed E-state index contributed by atoms with van der Waals surface area (Å²) in [5.74, 6) is 4.17. The Balaban J connectivity index is 1.37. The predicted molar refractivity (Wildman–Crippen MR) is 102 cm³/mol. The molecule has 4 aliphatic carbocycles. The minimum atomic E-state index is -0.0152. The molecule has 4 heteroatoms. The quantitative estimate of drug-likeness (QED) is 0.783. The van der Waals surface area contributed by atoms with E-state index in [4.69, 9.17) is 9.47 Å². The molecule has 1 amide bonds. The first kappa shape index (κ1) is 17.4. The van der Waals surface area contributed by atoms with Crippen molar-refractivity contribution in [3.05, 3.63) is 29.8 Å². The number of rotatable bonds is 6. The van der Waals surface area contributed by atoms with Gasteiger partial charge in [-0.2, -0.15) is 0 Å². The predicted octanol–water partition coefficient (Wildman–Crippen LogP) is 4.05. The van der Waals surface area contributed by atoms with Crippen LogP contribution in [-0.4, -0.2) is 26.7 Å². The van der Waals surface area contributed by atoms with Gasteiger partial charge in [-0.1, -0.05) is 0 Å². The van der Waals surface area contributed by atoms with Gasteiger partial charge in [0.15, 0.2) is 0 Å². The van der Waals surface area contributed by atoms with Crippen LogP contribution in [0.2, 0.25) is 0 Å². The molecular weight excluding hydrogens is 326 g/mol. The number of carbonyl (C=O) groups excluding carboxylic acids is 1. The molecule has 0 aromatic heterocycles. The maximum Gasteiger partial charge on any atom is 0.244 e. The highest BCUT2D eigenvalue weighted by Gasteiger charge is 2.50. The van der Waals surface area contributed by atoms with Gasteiger partial charge in [0, 0.05) is 24.3 Å². The van der Waals surface area contributed by atoms with Crippen LogP contribution in [0.5, 0.6) is 11.5 Å². The zero-order valence-electron chi connectivity index (χ0n) is 15.8. The molecule has 26 heavy (non-hydrogen) atoms. The second-order valence-electron chi connectivity index (χ2n) is 8.58. The number of ether oxygens (including phenoxy) is 2. The lowest BCUT2D eigenvalue weighted by molar-refractivity contribution is -0.118. The molecule has 0 aliphatic heterocycles. The van der Waals surface area contributed by atoms with Crippen LogP contribution in [0, 0.1) is 23.2 Å². The van der Waals surface area contributed by atoms with Gasteiger partial charge in [0.25, 0.3) is 0 Å². The summed E-state index contributed by atoms with van der Waals surface area (Å²) in [6, 6.07) is 5.60. The smallest absolute Gasteiger partial charge is 0.244 e. The molecule has 0 radical (unpaired) electrons. The zero-order chi connectivity index (χ0) is 18.1. The first-order valence-electron chi connectivity index (χ1n) is 9.77. The van der Waals surface area contributed by atoms with Crippen molar-refractivity contribution in [3.8, 4) is 11.5 Å². The van der Waals surface area contributed by atoms with Crippen LogP contribution in [0.4, 0.5) is 0 Å². The Labute approximate surface area is 156 Å². The minimum absolute atomic E-state index is 0.0152. The number of methoxy groups -OCH3 is 2. The van der Waals surface area contributed by atoms with E-state index in [-0.39, 0.29) is 5.91 Å². The molecule has 0 spiro atoms. The van der Waals surface area contributed by atoms with Gasteiger partial charge >= 0.3 is 0 Å². The fraction of sp³-hybridized carbons (Fsp3) is 0.591. The van der Waals surface area contributed by atoms with Gasteiger partial charge in [0.1, 0.15) is 11.5 Å². The molecule has 1 aromatic carbocycles. The molecule has 4 nitrogen and oxygen atoms in total. The van der Waals surface area contributed by atoms with Crippen LogP contribution < -0.4 is 14.8 Å². The van der Waals surface area contributed by atoms with Crippen molar-refractivity contribution in [2.24, 2.45) is 23.2 Å².